The van der Waals surface area contributed by atoms with E-state index in [1.165, 1.54) is 28.8 Å². The molecular weight excluding hydrogens is 455 g/mol. The van der Waals surface area contributed by atoms with Crippen LogP contribution in [-0.4, -0.2) is 42.3 Å². The van der Waals surface area contributed by atoms with Crippen LogP contribution in [0.2, 0.25) is 0 Å². The van der Waals surface area contributed by atoms with Crippen LogP contribution in [0.5, 0.6) is 0 Å². The van der Waals surface area contributed by atoms with Crippen LogP contribution in [0.1, 0.15) is 17.3 Å². The fraction of sp³-hybridized carbons (Fsp3) is 0.125. The second-order valence-electron chi connectivity index (χ2n) is 7.65. The van der Waals surface area contributed by atoms with Gasteiger partial charge >= 0.3 is 11.7 Å². The SMILES string of the molecule is CCOC(=O)c1cccc(NC(=O)Cn2nc3c4cc(-c5ccc(F)cc5)nn4ccn3c2=O)c1. The van der Waals surface area contributed by atoms with Crippen molar-refractivity contribution < 1.29 is 18.7 Å². The maximum Gasteiger partial charge on any atom is 0.350 e. The first-order valence-electron chi connectivity index (χ1n) is 10.7. The molecule has 0 atom stereocenters. The number of esters is 1. The van der Waals surface area contributed by atoms with E-state index < -0.39 is 17.6 Å². The molecule has 3 aromatic heterocycles. The molecular formula is C24H19FN6O4. The second kappa shape index (κ2) is 8.86. The molecule has 10 nitrogen and oxygen atoms in total. The van der Waals surface area contributed by atoms with Gasteiger partial charge in [0, 0.05) is 23.6 Å². The van der Waals surface area contributed by atoms with Gasteiger partial charge in [-0.25, -0.2) is 27.6 Å². The lowest BCUT2D eigenvalue weighted by Gasteiger charge is -2.07. The van der Waals surface area contributed by atoms with Gasteiger partial charge in [0.15, 0.2) is 5.65 Å². The number of aromatic nitrogens is 5. The number of ether oxygens (including phenoxy) is 1. The van der Waals surface area contributed by atoms with Gasteiger partial charge in [0.25, 0.3) is 0 Å². The molecule has 0 fully saturated rings. The molecule has 35 heavy (non-hydrogen) atoms. The van der Waals surface area contributed by atoms with E-state index in [2.05, 4.69) is 15.5 Å². The van der Waals surface area contributed by atoms with Crippen LogP contribution in [0, 0.1) is 5.82 Å². The third kappa shape index (κ3) is 4.26. The Morgan fingerprint density at radius 2 is 1.86 bits per heavy atom. The highest BCUT2D eigenvalue weighted by molar-refractivity contribution is 5.94. The largest absolute Gasteiger partial charge is 0.462 e. The van der Waals surface area contributed by atoms with Crippen molar-refractivity contribution in [1.29, 1.82) is 0 Å². The van der Waals surface area contributed by atoms with Gasteiger partial charge in [-0.3, -0.25) is 4.79 Å². The fourth-order valence-corrected chi connectivity index (χ4v) is 3.67. The van der Waals surface area contributed by atoms with E-state index in [4.69, 9.17) is 4.74 Å². The molecule has 5 aromatic rings. The van der Waals surface area contributed by atoms with E-state index in [0.29, 0.717) is 33.7 Å². The molecule has 0 radical (unpaired) electrons. The normalized spacial score (nSPS) is 11.1. The van der Waals surface area contributed by atoms with Crippen molar-refractivity contribution in [3.63, 3.8) is 0 Å². The molecule has 0 saturated heterocycles. The van der Waals surface area contributed by atoms with Crippen LogP contribution in [0.15, 0.2) is 71.8 Å². The zero-order chi connectivity index (χ0) is 24.5. The smallest absolute Gasteiger partial charge is 0.350 e. The Morgan fingerprint density at radius 3 is 2.63 bits per heavy atom. The molecule has 11 heteroatoms. The summed E-state index contributed by atoms with van der Waals surface area (Å²) in [6.45, 7) is 1.61. The Kier molecular flexibility index (Phi) is 5.57. The van der Waals surface area contributed by atoms with Crippen LogP contribution in [0.4, 0.5) is 10.1 Å². The number of nitrogens with zero attached hydrogens (tertiary/aromatic N) is 5. The van der Waals surface area contributed by atoms with Crippen LogP contribution < -0.4 is 11.0 Å². The topological polar surface area (TPSA) is 112 Å². The van der Waals surface area contributed by atoms with Gasteiger partial charge in [-0.2, -0.15) is 5.10 Å². The molecule has 176 valence electrons. The lowest BCUT2D eigenvalue weighted by Crippen LogP contribution is -2.28. The summed E-state index contributed by atoms with van der Waals surface area (Å²) in [5.74, 6) is -1.34. The van der Waals surface area contributed by atoms with Crippen molar-refractivity contribution in [3.8, 4) is 11.3 Å². The summed E-state index contributed by atoms with van der Waals surface area (Å²) in [7, 11) is 0. The molecule has 0 saturated carbocycles. The molecule has 5 rings (SSSR count). The number of amides is 1. The predicted molar refractivity (Wildman–Crippen MR) is 125 cm³/mol. The minimum absolute atomic E-state index is 0.238. The second-order valence-corrected chi connectivity index (χ2v) is 7.65. The summed E-state index contributed by atoms with van der Waals surface area (Å²) >= 11 is 0. The van der Waals surface area contributed by atoms with Crippen LogP contribution >= 0.6 is 0 Å². The van der Waals surface area contributed by atoms with E-state index in [0.717, 1.165) is 4.68 Å². The maximum atomic E-state index is 13.3. The number of benzene rings is 2. The van der Waals surface area contributed by atoms with E-state index in [-0.39, 0.29) is 19.0 Å². The minimum Gasteiger partial charge on any atom is -0.462 e. The van der Waals surface area contributed by atoms with Crippen LogP contribution in [0.25, 0.3) is 22.4 Å². The number of hydrogen-bond acceptors (Lipinski definition) is 6. The summed E-state index contributed by atoms with van der Waals surface area (Å²) < 4.78 is 22.2. The van der Waals surface area contributed by atoms with Crippen molar-refractivity contribution in [1.82, 2.24) is 23.8 Å². The first-order chi connectivity index (χ1) is 16.9. The minimum atomic E-state index is -0.498. The summed E-state index contributed by atoms with van der Waals surface area (Å²) in [5, 5.41) is 11.5. The fourth-order valence-electron chi connectivity index (χ4n) is 3.67. The number of fused-ring (bicyclic) bond motifs is 3. The summed E-state index contributed by atoms with van der Waals surface area (Å²) in [4.78, 5) is 37.4. The number of nitrogens with one attached hydrogen (secondary N) is 1. The first kappa shape index (κ1) is 22.0. The maximum absolute atomic E-state index is 13.3. The average molecular weight is 474 g/mol. The van der Waals surface area contributed by atoms with Gasteiger partial charge in [0.2, 0.25) is 5.91 Å². The highest BCUT2D eigenvalue weighted by atomic mass is 19.1. The number of rotatable bonds is 6. The molecule has 1 N–H and O–H groups in total. The number of carbonyl (C=O) groups excluding carboxylic acids is 2. The van der Waals surface area contributed by atoms with Crippen molar-refractivity contribution in [2.24, 2.45) is 0 Å². The van der Waals surface area contributed by atoms with Crippen LogP contribution in [-0.2, 0) is 16.1 Å². The molecule has 0 aliphatic rings. The van der Waals surface area contributed by atoms with E-state index in [1.54, 1.807) is 54.0 Å². The first-order valence-corrected chi connectivity index (χ1v) is 10.7. The standard InChI is InChI=1S/C24H19FN6O4/c1-2-35-23(33)16-4-3-5-18(12-16)26-21(32)14-31-24(34)29-10-11-30-20(22(29)28-31)13-19(27-30)15-6-8-17(25)9-7-15/h3-13H,2,14H2,1H3,(H,26,32). The summed E-state index contributed by atoms with van der Waals surface area (Å²) in [6, 6.07) is 14.0. The van der Waals surface area contributed by atoms with Crippen molar-refractivity contribution >= 4 is 28.7 Å². The molecule has 1 amide bonds. The molecule has 0 bridgehead atoms. The Hall–Kier alpha value is -4.80. The Morgan fingerprint density at radius 1 is 1.06 bits per heavy atom. The Labute approximate surface area is 197 Å². The molecule has 0 aliphatic carbocycles. The van der Waals surface area contributed by atoms with Gasteiger partial charge in [0.1, 0.15) is 17.9 Å². The van der Waals surface area contributed by atoms with Crippen LogP contribution in [0.3, 0.4) is 0 Å². The zero-order valence-corrected chi connectivity index (χ0v) is 18.5. The Balaban J connectivity index is 1.41. The third-order valence-electron chi connectivity index (χ3n) is 5.28. The number of carbonyl (C=O) groups is 2. The molecule has 0 unspecified atom stereocenters. The highest BCUT2D eigenvalue weighted by Crippen LogP contribution is 2.21. The van der Waals surface area contributed by atoms with Crippen molar-refractivity contribution in [3.05, 3.63) is 88.9 Å². The van der Waals surface area contributed by atoms with Gasteiger partial charge < -0.3 is 10.1 Å². The van der Waals surface area contributed by atoms with Gasteiger partial charge in [-0.15, -0.1) is 5.10 Å². The molecule has 0 spiro atoms. The van der Waals surface area contributed by atoms with Gasteiger partial charge in [0.05, 0.1) is 17.9 Å². The number of anilines is 1. The zero-order valence-electron chi connectivity index (χ0n) is 18.5. The van der Waals surface area contributed by atoms with E-state index >= 15 is 0 Å². The molecule has 2 aromatic carbocycles. The lowest BCUT2D eigenvalue weighted by atomic mass is 10.1. The predicted octanol–water partition coefficient (Wildman–Crippen LogP) is 2.77. The Bertz CT molecular complexity index is 1630. The third-order valence-corrected chi connectivity index (χ3v) is 5.28. The van der Waals surface area contributed by atoms with E-state index in [9.17, 15) is 18.8 Å². The number of hydrogen-bond donors (Lipinski definition) is 1. The summed E-state index contributed by atoms with van der Waals surface area (Å²) in [5.41, 5.74) is 2.34. The average Bonchev–Trinajstić information content (AvgIpc) is 3.41. The lowest BCUT2D eigenvalue weighted by molar-refractivity contribution is -0.117. The highest BCUT2D eigenvalue weighted by Gasteiger charge is 2.16. The van der Waals surface area contributed by atoms with E-state index in [1.807, 2.05) is 0 Å². The van der Waals surface area contributed by atoms with Gasteiger partial charge in [-0.1, -0.05) is 6.07 Å². The van der Waals surface area contributed by atoms with Crippen molar-refractivity contribution in [2.75, 3.05) is 11.9 Å². The summed E-state index contributed by atoms with van der Waals surface area (Å²) in [6.07, 6.45) is 3.11. The monoisotopic (exact) mass is 474 g/mol. The van der Waals surface area contributed by atoms with Gasteiger partial charge in [-0.05, 0) is 55.5 Å². The van der Waals surface area contributed by atoms with Crippen molar-refractivity contribution in [2.45, 2.75) is 13.5 Å². The molecule has 0 aliphatic heterocycles. The number of halogens is 1. The quantitative estimate of drug-likeness (QED) is 0.379. The molecule has 3 heterocycles.